The van der Waals surface area contributed by atoms with Gasteiger partial charge in [-0.15, -0.1) is 10.2 Å². The summed E-state index contributed by atoms with van der Waals surface area (Å²) < 4.78 is 8.03. The molecule has 1 saturated heterocycles. The second kappa shape index (κ2) is 6.48. The van der Waals surface area contributed by atoms with E-state index in [0.717, 1.165) is 46.4 Å². The molecule has 4 aromatic rings. The highest BCUT2D eigenvalue weighted by atomic mass is 16.3. The Balaban J connectivity index is 1.36. The lowest BCUT2D eigenvalue weighted by Crippen LogP contribution is -2.38. The van der Waals surface area contributed by atoms with E-state index < -0.39 is 0 Å². The van der Waals surface area contributed by atoms with E-state index in [1.807, 2.05) is 65.7 Å². The molecular formula is C22H22N4O2. The minimum absolute atomic E-state index is 0.0161. The molecule has 0 radical (unpaired) electrons. The molecule has 3 aromatic heterocycles. The topological polar surface area (TPSA) is 63.6 Å². The highest BCUT2D eigenvalue weighted by Gasteiger charge is 2.30. The van der Waals surface area contributed by atoms with Crippen LogP contribution in [-0.2, 0) is 0 Å². The van der Waals surface area contributed by atoms with E-state index in [0.29, 0.717) is 24.8 Å². The molecule has 1 amide bonds. The van der Waals surface area contributed by atoms with E-state index in [9.17, 15) is 4.79 Å². The van der Waals surface area contributed by atoms with E-state index in [-0.39, 0.29) is 5.91 Å². The number of piperidine rings is 1. The SMILES string of the molecule is Cc1c(C(=O)N2CCC(c3nnc4ccccn34)CC2)oc2c(C)cccc12. The number of aromatic nitrogens is 3. The smallest absolute Gasteiger partial charge is 0.289 e. The van der Waals surface area contributed by atoms with Gasteiger partial charge in [-0.2, -0.15) is 0 Å². The molecule has 0 saturated carbocycles. The molecule has 1 aromatic carbocycles. The molecule has 142 valence electrons. The monoisotopic (exact) mass is 374 g/mol. The number of furan rings is 1. The van der Waals surface area contributed by atoms with Crippen molar-refractivity contribution >= 4 is 22.5 Å². The summed E-state index contributed by atoms with van der Waals surface area (Å²) >= 11 is 0. The Kier molecular flexibility index (Phi) is 3.93. The predicted molar refractivity (Wildman–Crippen MR) is 107 cm³/mol. The molecule has 0 aliphatic carbocycles. The minimum atomic E-state index is -0.0161. The van der Waals surface area contributed by atoms with Crippen LogP contribution in [0.4, 0.5) is 0 Å². The average Bonchev–Trinajstić information content (AvgIpc) is 3.30. The lowest BCUT2D eigenvalue weighted by Gasteiger charge is -2.30. The van der Waals surface area contributed by atoms with Gasteiger partial charge in [-0.1, -0.05) is 24.3 Å². The van der Waals surface area contributed by atoms with E-state index >= 15 is 0 Å². The van der Waals surface area contributed by atoms with E-state index in [4.69, 9.17) is 4.42 Å². The van der Waals surface area contributed by atoms with Gasteiger partial charge in [-0.3, -0.25) is 9.20 Å². The van der Waals surface area contributed by atoms with Crippen LogP contribution in [-0.4, -0.2) is 38.5 Å². The molecule has 6 nitrogen and oxygen atoms in total. The van der Waals surface area contributed by atoms with Crippen molar-refractivity contribution in [3.63, 3.8) is 0 Å². The van der Waals surface area contributed by atoms with Crippen LogP contribution in [0.1, 0.15) is 46.3 Å². The third-order valence-electron chi connectivity index (χ3n) is 5.84. The number of pyridine rings is 1. The first-order valence-corrected chi connectivity index (χ1v) is 9.71. The van der Waals surface area contributed by atoms with Crippen LogP contribution >= 0.6 is 0 Å². The summed E-state index contributed by atoms with van der Waals surface area (Å²) in [6.45, 7) is 5.36. The quantitative estimate of drug-likeness (QED) is 0.530. The lowest BCUT2D eigenvalue weighted by molar-refractivity contribution is 0.0680. The number of fused-ring (bicyclic) bond motifs is 2. The number of hydrogen-bond donors (Lipinski definition) is 0. The van der Waals surface area contributed by atoms with Crippen molar-refractivity contribution in [2.24, 2.45) is 0 Å². The van der Waals surface area contributed by atoms with Crippen LogP contribution in [0, 0.1) is 13.8 Å². The average molecular weight is 374 g/mol. The Morgan fingerprint density at radius 1 is 1.07 bits per heavy atom. The van der Waals surface area contributed by atoms with Crippen LogP contribution in [0.15, 0.2) is 47.0 Å². The van der Waals surface area contributed by atoms with Gasteiger partial charge in [0.15, 0.2) is 11.4 Å². The van der Waals surface area contributed by atoms with Crippen LogP contribution in [0.25, 0.3) is 16.6 Å². The number of benzene rings is 1. The number of likely N-dealkylation sites (tertiary alicyclic amines) is 1. The summed E-state index contributed by atoms with van der Waals surface area (Å²) in [5, 5.41) is 9.67. The number of amides is 1. The molecule has 0 spiro atoms. The van der Waals surface area contributed by atoms with Gasteiger partial charge in [0, 0.05) is 36.2 Å². The summed E-state index contributed by atoms with van der Waals surface area (Å²) in [7, 11) is 0. The molecular weight excluding hydrogens is 352 g/mol. The maximum Gasteiger partial charge on any atom is 0.289 e. The van der Waals surface area contributed by atoms with Crippen molar-refractivity contribution < 1.29 is 9.21 Å². The first-order valence-electron chi connectivity index (χ1n) is 9.71. The number of nitrogens with zero attached hydrogens (tertiary/aromatic N) is 4. The fraction of sp³-hybridized carbons (Fsp3) is 0.318. The zero-order chi connectivity index (χ0) is 19.3. The van der Waals surface area contributed by atoms with Crippen molar-refractivity contribution in [1.29, 1.82) is 0 Å². The molecule has 0 N–H and O–H groups in total. The van der Waals surface area contributed by atoms with Gasteiger partial charge >= 0.3 is 0 Å². The molecule has 0 atom stereocenters. The summed E-state index contributed by atoms with van der Waals surface area (Å²) in [4.78, 5) is 15.0. The first kappa shape index (κ1) is 17.0. The van der Waals surface area contributed by atoms with Crippen molar-refractivity contribution in [2.45, 2.75) is 32.6 Å². The van der Waals surface area contributed by atoms with Crippen molar-refractivity contribution in [1.82, 2.24) is 19.5 Å². The molecule has 1 fully saturated rings. The predicted octanol–water partition coefficient (Wildman–Crippen LogP) is 4.11. The first-order chi connectivity index (χ1) is 13.6. The largest absolute Gasteiger partial charge is 0.450 e. The van der Waals surface area contributed by atoms with E-state index in [1.54, 1.807) is 0 Å². The van der Waals surface area contributed by atoms with Crippen LogP contribution in [0.3, 0.4) is 0 Å². The summed E-state index contributed by atoms with van der Waals surface area (Å²) in [5.74, 6) is 1.74. The molecule has 1 aliphatic heterocycles. The summed E-state index contributed by atoms with van der Waals surface area (Å²) in [6, 6.07) is 11.9. The van der Waals surface area contributed by atoms with Gasteiger partial charge in [0.2, 0.25) is 0 Å². The second-order valence-corrected chi connectivity index (χ2v) is 7.56. The molecule has 0 bridgehead atoms. The number of para-hydroxylation sites is 1. The Hall–Kier alpha value is -3.15. The zero-order valence-corrected chi connectivity index (χ0v) is 16.1. The molecule has 5 rings (SSSR count). The van der Waals surface area contributed by atoms with Crippen molar-refractivity contribution in [3.05, 3.63) is 65.3 Å². The second-order valence-electron chi connectivity index (χ2n) is 7.56. The third-order valence-corrected chi connectivity index (χ3v) is 5.84. The summed E-state index contributed by atoms with van der Waals surface area (Å²) in [6.07, 6.45) is 3.75. The fourth-order valence-electron chi connectivity index (χ4n) is 4.21. The normalized spacial score (nSPS) is 15.6. The Labute approximate surface area is 162 Å². The van der Waals surface area contributed by atoms with Gasteiger partial charge in [-0.05, 0) is 44.4 Å². The molecule has 1 aliphatic rings. The Morgan fingerprint density at radius 2 is 1.89 bits per heavy atom. The zero-order valence-electron chi connectivity index (χ0n) is 16.1. The number of aryl methyl sites for hydroxylation is 2. The highest BCUT2D eigenvalue weighted by molar-refractivity contribution is 5.99. The van der Waals surface area contributed by atoms with Crippen LogP contribution < -0.4 is 0 Å². The van der Waals surface area contributed by atoms with Gasteiger partial charge in [0.1, 0.15) is 11.4 Å². The highest BCUT2D eigenvalue weighted by Crippen LogP contribution is 2.31. The standard InChI is InChI=1S/C22H22N4O2/c1-14-6-5-7-17-15(2)20(28-19(14)17)22(27)25-12-9-16(10-13-25)21-24-23-18-8-3-4-11-26(18)21/h3-8,11,16H,9-10,12-13H2,1-2H3. The number of hydrogen-bond acceptors (Lipinski definition) is 4. The lowest BCUT2D eigenvalue weighted by atomic mass is 9.95. The van der Waals surface area contributed by atoms with Gasteiger partial charge in [0.05, 0.1) is 0 Å². The maximum absolute atomic E-state index is 13.1. The van der Waals surface area contributed by atoms with Crippen molar-refractivity contribution in [2.75, 3.05) is 13.1 Å². The Morgan fingerprint density at radius 3 is 2.68 bits per heavy atom. The number of carbonyl (C=O) groups excluding carboxylic acids is 1. The Bertz CT molecular complexity index is 1180. The molecule has 0 unspecified atom stereocenters. The molecule has 6 heteroatoms. The number of rotatable bonds is 2. The van der Waals surface area contributed by atoms with Gasteiger partial charge in [-0.25, -0.2) is 0 Å². The van der Waals surface area contributed by atoms with Crippen molar-refractivity contribution in [3.8, 4) is 0 Å². The molecule has 28 heavy (non-hydrogen) atoms. The third kappa shape index (κ3) is 2.59. The van der Waals surface area contributed by atoms with Crippen LogP contribution in [0.2, 0.25) is 0 Å². The minimum Gasteiger partial charge on any atom is -0.450 e. The van der Waals surface area contributed by atoms with E-state index in [2.05, 4.69) is 10.2 Å². The van der Waals surface area contributed by atoms with Gasteiger partial charge < -0.3 is 9.32 Å². The van der Waals surface area contributed by atoms with E-state index in [1.165, 1.54) is 0 Å². The number of carbonyl (C=O) groups is 1. The maximum atomic E-state index is 13.1. The van der Waals surface area contributed by atoms with Crippen LogP contribution in [0.5, 0.6) is 0 Å². The molecule has 4 heterocycles. The van der Waals surface area contributed by atoms with Gasteiger partial charge in [0.25, 0.3) is 5.91 Å². The fourth-order valence-corrected chi connectivity index (χ4v) is 4.21. The summed E-state index contributed by atoms with van der Waals surface area (Å²) in [5.41, 5.74) is 3.66.